The predicted molar refractivity (Wildman–Crippen MR) is 67.2 cm³/mol. The van der Waals surface area contributed by atoms with Gasteiger partial charge in [-0.2, -0.15) is 0 Å². The Morgan fingerprint density at radius 2 is 2.07 bits per heavy atom. The van der Waals surface area contributed by atoms with E-state index in [1.165, 1.54) is 18.4 Å². The van der Waals surface area contributed by atoms with E-state index in [0.717, 1.165) is 19.4 Å². The summed E-state index contributed by atoms with van der Waals surface area (Å²) >= 11 is 0. The summed E-state index contributed by atoms with van der Waals surface area (Å²) in [5.74, 6) is 0. The highest BCUT2D eigenvalue weighted by atomic mass is 16.5. The molecule has 2 nitrogen and oxygen atoms in total. The molecule has 0 saturated heterocycles. The Balaban J connectivity index is 3.83. The molecular formula is C13H27NO. The second kappa shape index (κ2) is 8.93. The quantitative estimate of drug-likeness (QED) is 0.594. The Bertz CT molecular complexity index is 168. The molecular weight excluding hydrogens is 186 g/mol. The predicted octanol–water partition coefficient (Wildman–Crippen LogP) is 3.14. The van der Waals surface area contributed by atoms with Gasteiger partial charge in [-0.3, -0.25) is 0 Å². The van der Waals surface area contributed by atoms with E-state index in [0.29, 0.717) is 12.1 Å². The van der Waals surface area contributed by atoms with Crippen LogP contribution in [0.4, 0.5) is 0 Å². The first kappa shape index (κ1) is 14.7. The molecule has 0 heterocycles. The summed E-state index contributed by atoms with van der Waals surface area (Å²) in [6.45, 7) is 11.5. The third kappa shape index (κ3) is 8.64. The monoisotopic (exact) mass is 213 g/mol. The second-order valence-electron chi connectivity index (χ2n) is 4.44. The molecule has 2 unspecified atom stereocenters. The van der Waals surface area contributed by atoms with Crippen LogP contribution in [-0.2, 0) is 4.74 Å². The van der Waals surface area contributed by atoms with Crippen LogP contribution in [0.3, 0.4) is 0 Å². The van der Waals surface area contributed by atoms with E-state index in [2.05, 4.69) is 32.7 Å². The molecule has 0 bridgehead atoms. The third-order valence-electron chi connectivity index (χ3n) is 2.60. The van der Waals surface area contributed by atoms with Crippen molar-refractivity contribution >= 4 is 0 Å². The molecule has 0 fully saturated rings. The van der Waals surface area contributed by atoms with E-state index in [1.54, 1.807) is 7.11 Å². The van der Waals surface area contributed by atoms with Gasteiger partial charge in [0, 0.05) is 13.2 Å². The first-order valence-corrected chi connectivity index (χ1v) is 6.00. The van der Waals surface area contributed by atoms with Gasteiger partial charge in [0.2, 0.25) is 0 Å². The van der Waals surface area contributed by atoms with Crippen molar-refractivity contribution < 1.29 is 4.74 Å². The average Bonchev–Trinajstić information content (AvgIpc) is 2.20. The Labute approximate surface area is 95.1 Å². The van der Waals surface area contributed by atoms with Gasteiger partial charge in [-0.15, -0.1) is 6.58 Å². The van der Waals surface area contributed by atoms with Crippen LogP contribution in [0.2, 0.25) is 0 Å². The van der Waals surface area contributed by atoms with E-state index in [1.807, 2.05) is 0 Å². The van der Waals surface area contributed by atoms with Gasteiger partial charge < -0.3 is 10.1 Å². The molecule has 0 amide bonds. The van der Waals surface area contributed by atoms with Crippen molar-refractivity contribution in [2.75, 3.05) is 13.7 Å². The molecule has 0 saturated carbocycles. The van der Waals surface area contributed by atoms with E-state index in [4.69, 9.17) is 4.74 Å². The lowest BCUT2D eigenvalue weighted by molar-refractivity contribution is 0.106. The largest absolute Gasteiger partial charge is 0.382 e. The van der Waals surface area contributed by atoms with E-state index < -0.39 is 0 Å². The maximum Gasteiger partial charge on any atom is 0.0543 e. The number of ether oxygens (including phenoxy) is 1. The smallest absolute Gasteiger partial charge is 0.0543 e. The standard InChI is InChI=1S/C13H27NO/c1-6-9-14-13(10-11(2)3)8-7-12(4)15-5/h12-14H,2,6-10H2,1,3-5H3. The normalized spacial score (nSPS) is 14.9. The van der Waals surface area contributed by atoms with Crippen LogP contribution in [0.25, 0.3) is 0 Å². The molecule has 0 radical (unpaired) electrons. The Hall–Kier alpha value is -0.340. The highest BCUT2D eigenvalue weighted by Crippen LogP contribution is 2.11. The molecule has 2 heteroatoms. The molecule has 15 heavy (non-hydrogen) atoms. The number of rotatable bonds is 9. The summed E-state index contributed by atoms with van der Waals surface area (Å²) in [6, 6.07) is 0.569. The zero-order chi connectivity index (χ0) is 11.7. The van der Waals surface area contributed by atoms with Crippen molar-refractivity contribution in [1.29, 1.82) is 0 Å². The zero-order valence-electron chi connectivity index (χ0n) is 10.8. The maximum absolute atomic E-state index is 5.26. The zero-order valence-corrected chi connectivity index (χ0v) is 10.8. The van der Waals surface area contributed by atoms with Crippen LogP contribution in [0.15, 0.2) is 12.2 Å². The van der Waals surface area contributed by atoms with Crippen LogP contribution in [0, 0.1) is 0 Å². The van der Waals surface area contributed by atoms with Gasteiger partial charge >= 0.3 is 0 Å². The lowest BCUT2D eigenvalue weighted by Gasteiger charge is -2.20. The molecule has 0 spiro atoms. The van der Waals surface area contributed by atoms with Crippen molar-refractivity contribution in [3.63, 3.8) is 0 Å². The topological polar surface area (TPSA) is 21.3 Å². The van der Waals surface area contributed by atoms with E-state index >= 15 is 0 Å². The van der Waals surface area contributed by atoms with Gasteiger partial charge in [-0.05, 0) is 46.1 Å². The van der Waals surface area contributed by atoms with E-state index in [9.17, 15) is 0 Å². The van der Waals surface area contributed by atoms with Crippen molar-refractivity contribution in [2.24, 2.45) is 0 Å². The molecule has 0 aliphatic rings. The van der Waals surface area contributed by atoms with Crippen LogP contribution in [0.5, 0.6) is 0 Å². The molecule has 0 aliphatic heterocycles. The Morgan fingerprint density at radius 3 is 2.53 bits per heavy atom. The van der Waals surface area contributed by atoms with Gasteiger partial charge in [0.15, 0.2) is 0 Å². The minimum absolute atomic E-state index is 0.362. The van der Waals surface area contributed by atoms with Crippen molar-refractivity contribution in [1.82, 2.24) is 5.32 Å². The fourth-order valence-corrected chi connectivity index (χ4v) is 1.60. The lowest BCUT2D eigenvalue weighted by Crippen LogP contribution is -2.30. The van der Waals surface area contributed by atoms with Gasteiger partial charge in [0.25, 0.3) is 0 Å². The molecule has 90 valence electrons. The van der Waals surface area contributed by atoms with Crippen LogP contribution >= 0.6 is 0 Å². The fraction of sp³-hybridized carbons (Fsp3) is 0.846. The van der Waals surface area contributed by atoms with Crippen molar-refractivity contribution in [3.8, 4) is 0 Å². The van der Waals surface area contributed by atoms with Gasteiger partial charge in [-0.1, -0.05) is 12.5 Å². The summed E-state index contributed by atoms with van der Waals surface area (Å²) in [5, 5.41) is 3.56. The van der Waals surface area contributed by atoms with Crippen LogP contribution in [-0.4, -0.2) is 25.8 Å². The summed E-state index contributed by atoms with van der Waals surface area (Å²) in [6.07, 6.45) is 4.91. The average molecular weight is 213 g/mol. The van der Waals surface area contributed by atoms with Gasteiger partial charge in [0.05, 0.1) is 6.10 Å². The minimum atomic E-state index is 0.362. The second-order valence-corrected chi connectivity index (χ2v) is 4.44. The summed E-state index contributed by atoms with van der Waals surface area (Å²) in [5.41, 5.74) is 1.26. The molecule has 0 aromatic rings. The lowest BCUT2D eigenvalue weighted by atomic mass is 10.0. The molecule has 0 aliphatic carbocycles. The number of methoxy groups -OCH3 is 1. The minimum Gasteiger partial charge on any atom is -0.382 e. The third-order valence-corrected chi connectivity index (χ3v) is 2.60. The summed E-state index contributed by atoms with van der Waals surface area (Å²) in [4.78, 5) is 0. The van der Waals surface area contributed by atoms with Crippen molar-refractivity contribution in [2.45, 2.75) is 58.6 Å². The highest BCUT2D eigenvalue weighted by Gasteiger charge is 2.09. The molecule has 0 rings (SSSR count). The number of hydrogen-bond donors (Lipinski definition) is 1. The fourth-order valence-electron chi connectivity index (χ4n) is 1.60. The Morgan fingerprint density at radius 1 is 1.40 bits per heavy atom. The molecule has 1 N–H and O–H groups in total. The first-order valence-electron chi connectivity index (χ1n) is 6.00. The Kier molecular flexibility index (Phi) is 8.73. The van der Waals surface area contributed by atoms with Gasteiger partial charge in [0.1, 0.15) is 0 Å². The SMILES string of the molecule is C=C(C)CC(CCC(C)OC)NCCC. The van der Waals surface area contributed by atoms with E-state index in [-0.39, 0.29) is 0 Å². The van der Waals surface area contributed by atoms with Crippen molar-refractivity contribution in [3.05, 3.63) is 12.2 Å². The van der Waals surface area contributed by atoms with Gasteiger partial charge in [-0.25, -0.2) is 0 Å². The number of hydrogen-bond acceptors (Lipinski definition) is 2. The molecule has 0 aromatic carbocycles. The summed E-state index contributed by atoms with van der Waals surface area (Å²) in [7, 11) is 1.78. The number of nitrogens with one attached hydrogen (secondary N) is 1. The molecule has 2 atom stereocenters. The van der Waals surface area contributed by atoms with Crippen LogP contribution in [0.1, 0.15) is 46.5 Å². The first-order chi connectivity index (χ1) is 7.10. The highest BCUT2D eigenvalue weighted by molar-refractivity contribution is 4.92. The van der Waals surface area contributed by atoms with Crippen LogP contribution < -0.4 is 5.32 Å². The maximum atomic E-state index is 5.26. The summed E-state index contributed by atoms with van der Waals surface area (Å²) < 4.78 is 5.26. The molecule has 0 aromatic heterocycles.